The summed E-state index contributed by atoms with van der Waals surface area (Å²) in [6.45, 7) is 0. The molecule has 0 atom stereocenters. The van der Waals surface area contributed by atoms with Gasteiger partial charge in [-0.15, -0.1) is 0 Å². The number of rotatable bonds is 5. The molecule has 0 saturated carbocycles. The minimum atomic E-state index is -3.56. The third-order valence-electron chi connectivity index (χ3n) is 3.49. The van der Waals surface area contributed by atoms with Gasteiger partial charge < -0.3 is 0 Å². The Morgan fingerprint density at radius 2 is 1.54 bits per heavy atom. The van der Waals surface area contributed by atoms with Crippen molar-refractivity contribution in [1.29, 1.82) is 0 Å². The number of sulfonamides is 1. The molecule has 0 unspecified atom stereocenters. The van der Waals surface area contributed by atoms with Gasteiger partial charge in [0.05, 0.1) is 11.3 Å². The molecule has 0 radical (unpaired) electrons. The van der Waals surface area contributed by atoms with E-state index in [0.29, 0.717) is 5.02 Å². The van der Waals surface area contributed by atoms with Gasteiger partial charge in [-0.1, -0.05) is 23.7 Å². The van der Waals surface area contributed by atoms with Gasteiger partial charge in [0.25, 0.3) is 5.91 Å². The molecule has 0 aliphatic rings. The zero-order valence-corrected chi connectivity index (χ0v) is 15.8. The van der Waals surface area contributed by atoms with E-state index in [1.54, 1.807) is 24.3 Å². The Hall–Kier alpha value is -2.42. The number of hydrogen-bond donors (Lipinski definition) is 2. The molecule has 0 heterocycles. The van der Waals surface area contributed by atoms with Gasteiger partial charge in [-0.2, -0.15) is 0 Å². The first-order chi connectivity index (χ1) is 12.2. The number of benzene rings is 2. The number of nitrogens with zero attached hydrogens (tertiary/aromatic N) is 1. The van der Waals surface area contributed by atoms with Crippen molar-refractivity contribution in [3.63, 3.8) is 0 Å². The number of carbonyl (C=O) groups is 2. The van der Waals surface area contributed by atoms with Crippen LogP contribution in [0.25, 0.3) is 0 Å². The van der Waals surface area contributed by atoms with E-state index in [1.807, 2.05) is 0 Å². The molecule has 7 nitrogen and oxygen atoms in total. The smallest absolute Gasteiger partial charge is 0.269 e. The fourth-order valence-corrected chi connectivity index (χ4v) is 3.05. The maximum atomic E-state index is 12.0. The van der Waals surface area contributed by atoms with E-state index in [4.69, 9.17) is 11.6 Å². The second-order valence-electron chi connectivity index (χ2n) is 5.62. The summed E-state index contributed by atoms with van der Waals surface area (Å²) in [6, 6.07) is 12.2. The Kier molecular flexibility index (Phi) is 6.36. The minimum Gasteiger partial charge on any atom is -0.273 e. The Balaban J connectivity index is 1.93. The van der Waals surface area contributed by atoms with Crippen molar-refractivity contribution < 1.29 is 18.0 Å². The predicted molar refractivity (Wildman–Crippen MR) is 98.1 cm³/mol. The molecule has 0 fully saturated rings. The molecule has 2 rings (SSSR count). The molecule has 0 bridgehead atoms. The van der Waals surface area contributed by atoms with Crippen molar-refractivity contribution in [2.24, 2.45) is 0 Å². The highest BCUT2D eigenvalue weighted by Gasteiger charge is 2.17. The average Bonchev–Trinajstić information content (AvgIpc) is 2.61. The van der Waals surface area contributed by atoms with Crippen LogP contribution in [0.1, 0.15) is 15.9 Å². The summed E-state index contributed by atoms with van der Waals surface area (Å²) in [4.78, 5) is 24.0. The monoisotopic (exact) mass is 395 g/mol. The van der Waals surface area contributed by atoms with E-state index >= 15 is 0 Å². The summed E-state index contributed by atoms with van der Waals surface area (Å²) in [5, 5.41) is 0.571. The van der Waals surface area contributed by atoms with E-state index in [0.717, 1.165) is 9.87 Å². The van der Waals surface area contributed by atoms with E-state index in [2.05, 4.69) is 10.9 Å². The van der Waals surface area contributed by atoms with Crippen LogP contribution in [-0.4, -0.2) is 38.6 Å². The highest BCUT2D eigenvalue weighted by Crippen LogP contribution is 2.14. The summed E-state index contributed by atoms with van der Waals surface area (Å²) in [5.74, 6) is -0.948. The summed E-state index contributed by atoms with van der Waals surface area (Å²) in [7, 11) is -0.715. The lowest BCUT2D eigenvalue weighted by atomic mass is 10.1. The molecule has 2 N–H and O–H groups in total. The molecule has 2 aromatic rings. The van der Waals surface area contributed by atoms with Crippen LogP contribution in [0.15, 0.2) is 53.4 Å². The lowest BCUT2D eigenvalue weighted by molar-refractivity contribution is -0.121. The number of nitrogens with one attached hydrogen (secondary N) is 2. The van der Waals surface area contributed by atoms with Crippen molar-refractivity contribution in [3.05, 3.63) is 64.7 Å². The standard InChI is InChI=1S/C17H18ClN3O4S/c1-21(2)26(24,25)15-9-5-13(6-10-15)17(23)20-19-16(22)11-12-3-7-14(18)8-4-12/h3-10H,11H2,1-2H3,(H,19,22)(H,20,23). The molecule has 2 amide bonds. The fraction of sp³-hybridized carbons (Fsp3) is 0.176. The van der Waals surface area contributed by atoms with Gasteiger partial charge in [-0.3, -0.25) is 20.4 Å². The van der Waals surface area contributed by atoms with Crippen LogP contribution in [0.3, 0.4) is 0 Å². The third-order valence-corrected chi connectivity index (χ3v) is 5.57. The Morgan fingerprint density at radius 3 is 2.08 bits per heavy atom. The predicted octanol–water partition coefficient (Wildman–Crippen LogP) is 1.59. The van der Waals surface area contributed by atoms with Crippen molar-refractivity contribution in [1.82, 2.24) is 15.2 Å². The lowest BCUT2D eigenvalue weighted by Crippen LogP contribution is -2.42. The van der Waals surface area contributed by atoms with Gasteiger partial charge in [-0.25, -0.2) is 12.7 Å². The van der Waals surface area contributed by atoms with Crippen LogP contribution in [0, 0.1) is 0 Å². The molecule has 0 spiro atoms. The molecule has 2 aromatic carbocycles. The number of hydrazine groups is 1. The van der Waals surface area contributed by atoms with Gasteiger partial charge in [0, 0.05) is 24.7 Å². The van der Waals surface area contributed by atoms with E-state index in [1.165, 1.54) is 38.4 Å². The first-order valence-corrected chi connectivity index (χ1v) is 9.38. The summed E-state index contributed by atoms with van der Waals surface area (Å²) >= 11 is 5.78. The van der Waals surface area contributed by atoms with E-state index in [9.17, 15) is 18.0 Å². The molecule has 138 valence electrons. The number of hydrogen-bond acceptors (Lipinski definition) is 4. The summed E-state index contributed by atoms with van der Waals surface area (Å²) in [5.41, 5.74) is 5.56. The SMILES string of the molecule is CN(C)S(=O)(=O)c1ccc(C(=O)NNC(=O)Cc2ccc(Cl)cc2)cc1. The van der Waals surface area contributed by atoms with Crippen molar-refractivity contribution in [3.8, 4) is 0 Å². The first-order valence-electron chi connectivity index (χ1n) is 7.56. The Labute approximate surface area is 157 Å². The molecule has 0 saturated heterocycles. The maximum Gasteiger partial charge on any atom is 0.269 e. The molecule has 0 aromatic heterocycles. The second kappa shape index (κ2) is 8.31. The molecular weight excluding hydrogens is 378 g/mol. The van der Waals surface area contributed by atoms with Gasteiger partial charge >= 0.3 is 0 Å². The topological polar surface area (TPSA) is 95.6 Å². The Morgan fingerprint density at radius 1 is 0.962 bits per heavy atom. The quantitative estimate of drug-likeness (QED) is 0.751. The second-order valence-corrected chi connectivity index (χ2v) is 8.21. The number of halogens is 1. The van der Waals surface area contributed by atoms with E-state index < -0.39 is 21.8 Å². The van der Waals surface area contributed by atoms with Gasteiger partial charge in [0.2, 0.25) is 15.9 Å². The minimum absolute atomic E-state index is 0.0748. The van der Waals surface area contributed by atoms with Gasteiger partial charge in [-0.05, 0) is 42.0 Å². The fourth-order valence-electron chi connectivity index (χ4n) is 2.02. The van der Waals surface area contributed by atoms with Crippen LogP contribution in [0.4, 0.5) is 0 Å². The average molecular weight is 396 g/mol. The van der Waals surface area contributed by atoms with Gasteiger partial charge in [0.1, 0.15) is 0 Å². The van der Waals surface area contributed by atoms with Crippen molar-refractivity contribution in [2.45, 2.75) is 11.3 Å². The zero-order chi connectivity index (χ0) is 19.3. The van der Waals surface area contributed by atoms with Crippen molar-refractivity contribution >= 4 is 33.4 Å². The molecule has 26 heavy (non-hydrogen) atoms. The highest BCUT2D eigenvalue weighted by molar-refractivity contribution is 7.89. The third kappa shape index (κ3) is 5.04. The van der Waals surface area contributed by atoms with Crippen LogP contribution in [0.2, 0.25) is 5.02 Å². The highest BCUT2D eigenvalue weighted by atomic mass is 35.5. The first kappa shape index (κ1) is 19.9. The summed E-state index contributed by atoms with van der Waals surface area (Å²) < 4.78 is 25.0. The normalized spacial score (nSPS) is 11.2. The number of amides is 2. The summed E-state index contributed by atoms with van der Waals surface area (Å²) in [6.07, 6.45) is 0.0808. The molecule has 9 heteroatoms. The Bertz CT molecular complexity index is 895. The molecule has 0 aliphatic heterocycles. The van der Waals surface area contributed by atoms with Gasteiger partial charge in [0.15, 0.2) is 0 Å². The largest absolute Gasteiger partial charge is 0.273 e. The van der Waals surface area contributed by atoms with Crippen LogP contribution >= 0.6 is 11.6 Å². The van der Waals surface area contributed by atoms with Crippen LogP contribution < -0.4 is 10.9 Å². The maximum absolute atomic E-state index is 12.0. The van der Waals surface area contributed by atoms with Crippen molar-refractivity contribution in [2.75, 3.05) is 14.1 Å². The zero-order valence-electron chi connectivity index (χ0n) is 14.2. The molecular formula is C17H18ClN3O4S. The van der Waals surface area contributed by atoms with Crippen LogP contribution in [-0.2, 0) is 21.2 Å². The lowest BCUT2D eigenvalue weighted by Gasteiger charge is -2.12. The van der Waals surface area contributed by atoms with Crippen LogP contribution in [0.5, 0.6) is 0 Å². The molecule has 0 aliphatic carbocycles. The number of carbonyl (C=O) groups excluding carboxylic acids is 2. The van der Waals surface area contributed by atoms with E-state index in [-0.39, 0.29) is 16.9 Å².